The van der Waals surface area contributed by atoms with Crippen LogP contribution in [0.25, 0.3) is 10.9 Å². The van der Waals surface area contributed by atoms with Crippen molar-refractivity contribution < 1.29 is 0 Å². The van der Waals surface area contributed by atoms with E-state index in [2.05, 4.69) is 53.8 Å². The summed E-state index contributed by atoms with van der Waals surface area (Å²) in [5, 5.41) is 1.74. The molecule has 0 saturated carbocycles. The summed E-state index contributed by atoms with van der Waals surface area (Å²) in [6.45, 7) is 8.99. The minimum atomic E-state index is 0.365. The van der Waals surface area contributed by atoms with Gasteiger partial charge in [0, 0.05) is 60.4 Å². The van der Waals surface area contributed by atoms with Crippen molar-refractivity contribution in [2.75, 3.05) is 6.54 Å². The molecule has 0 N–H and O–H groups in total. The van der Waals surface area contributed by atoms with E-state index < -0.39 is 0 Å². The molecule has 3 heterocycles. The Morgan fingerprint density at radius 2 is 2.04 bits per heavy atom. The highest BCUT2D eigenvalue weighted by atomic mass is 35.5. The maximum Gasteiger partial charge on any atom is 0.134 e. The van der Waals surface area contributed by atoms with Gasteiger partial charge in [-0.05, 0) is 25.1 Å². The molecule has 0 spiro atoms. The van der Waals surface area contributed by atoms with Crippen LogP contribution in [0.5, 0.6) is 0 Å². The first-order chi connectivity index (χ1) is 12.5. The summed E-state index contributed by atoms with van der Waals surface area (Å²) in [7, 11) is 0. The van der Waals surface area contributed by atoms with Crippen molar-refractivity contribution in [3.8, 4) is 0 Å². The third-order valence-corrected chi connectivity index (χ3v) is 5.27. The Labute approximate surface area is 159 Å². The van der Waals surface area contributed by atoms with Crippen LogP contribution in [0.4, 0.5) is 0 Å². The summed E-state index contributed by atoms with van der Waals surface area (Å²) in [6, 6.07) is 8.43. The van der Waals surface area contributed by atoms with Crippen LogP contribution in [-0.2, 0) is 19.5 Å². The van der Waals surface area contributed by atoms with E-state index in [1.165, 1.54) is 16.8 Å². The van der Waals surface area contributed by atoms with E-state index in [0.29, 0.717) is 11.1 Å². The van der Waals surface area contributed by atoms with Crippen molar-refractivity contribution in [3.05, 3.63) is 63.8 Å². The highest BCUT2D eigenvalue weighted by molar-refractivity contribution is 6.30. The number of nitrogens with zero attached hydrogens (tertiary/aromatic N) is 4. The number of rotatable bonds is 3. The molecule has 0 radical (unpaired) electrons. The van der Waals surface area contributed by atoms with Crippen molar-refractivity contribution in [2.45, 2.75) is 46.2 Å². The van der Waals surface area contributed by atoms with E-state index >= 15 is 0 Å². The number of pyridine rings is 1. The van der Waals surface area contributed by atoms with Crippen LogP contribution in [0.3, 0.4) is 0 Å². The van der Waals surface area contributed by atoms with Gasteiger partial charge in [0.1, 0.15) is 11.0 Å². The minimum absolute atomic E-state index is 0.365. The lowest BCUT2D eigenvalue weighted by atomic mass is 10.0. The molecule has 0 aliphatic carbocycles. The number of hydrogen-bond acceptors (Lipinski definition) is 4. The zero-order valence-electron chi connectivity index (χ0n) is 15.5. The number of aryl methyl sites for hydroxylation is 1. The fraction of sp³-hybridized carbons (Fsp3) is 0.381. The van der Waals surface area contributed by atoms with Crippen LogP contribution in [0.15, 0.2) is 30.5 Å². The Morgan fingerprint density at radius 3 is 2.85 bits per heavy atom. The minimum Gasteiger partial charge on any atom is -0.294 e. The third-order valence-electron chi connectivity index (χ3n) is 4.94. The van der Waals surface area contributed by atoms with E-state index in [-0.39, 0.29) is 0 Å². The molecule has 0 bridgehead atoms. The van der Waals surface area contributed by atoms with Crippen molar-refractivity contribution in [2.24, 2.45) is 0 Å². The van der Waals surface area contributed by atoms with E-state index in [4.69, 9.17) is 16.6 Å². The van der Waals surface area contributed by atoms with E-state index in [0.717, 1.165) is 48.3 Å². The Balaban J connectivity index is 1.57. The normalized spacial score (nSPS) is 14.8. The van der Waals surface area contributed by atoms with Gasteiger partial charge in [0.25, 0.3) is 0 Å². The van der Waals surface area contributed by atoms with Gasteiger partial charge >= 0.3 is 0 Å². The molecule has 0 fully saturated rings. The van der Waals surface area contributed by atoms with Gasteiger partial charge in [0.05, 0.1) is 5.52 Å². The van der Waals surface area contributed by atoms with Crippen molar-refractivity contribution in [1.29, 1.82) is 0 Å². The molecule has 26 heavy (non-hydrogen) atoms. The predicted octanol–water partition coefficient (Wildman–Crippen LogP) is 4.67. The predicted molar refractivity (Wildman–Crippen MR) is 105 cm³/mol. The lowest BCUT2D eigenvalue weighted by molar-refractivity contribution is 0.242. The summed E-state index contributed by atoms with van der Waals surface area (Å²) in [6.07, 6.45) is 2.95. The highest BCUT2D eigenvalue weighted by Gasteiger charge is 2.20. The van der Waals surface area contributed by atoms with E-state index in [1.807, 2.05) is 12.3 Å². The van der Waals surface area contributed by atoms with E-state index in [9.17, 15) is 0 Å². The molecule has 4 rings (SSSR count). The lowest BCUT2D eigenvalue weighted by Gasteiger charge is -2.28. The first-order valence-electron chi connectivity index (χ1n) is 9.12. The average Bonchev–Trinajstić information content (AvgIpc) is 2.62. The number of aromatic nitrogens is 3. The summed E-state index contributed by atoms with van der Waals surface area (Å²) >= 11 is 6.46. The summed E-state index contributed by atoms with van der Waals surface area (Å²) < 4.78 is 0. The Hall–Kier alpha value is -2.04. The maximum atomic E-state index is 6.46. The second-order valence-electron chi connectivity index (χ2n) is 7.45. The van der Waals surface area contributed by atoms with Crippen LogP contribution in [0.2, 0.25) is 5.15 Å². The van der Waals surface area contributed by atoms with Gasteiger partial charge in [0.2, 0.25) is 0 Å². The van der Waals surface area contributed by atoms with Gasteiger partial charge in [0.15, 0.2) is 0 Å². The van der Waals surface area contributed by atoms with Gasteiger partial charge in [-0.2, -0.15) is 0 Å². The van der Waals surface area contributed by atoms with Gasteiger partial charge in [-0.25, -0.2) is 15.0 Å². The first kappa shape index (κ1) is 17.4. The van der Waals surface area contributed by atoms with Gasteiger partial charge < -0.3 is 0 Å². The molecule has 0 amide bonds. The molecule has 1 aromatic carbocycles. The quantitative estimate of drug-likeness (QED) is 0.632. The lowest BCUT2D eigenvalue weighted by Crippen LogP contribution is -2.31. The molecule has 0 saturated heterocycles. The van der Waals surface area contributed by atoms with Gasteiger partial charge in [-0.3, -0.25) is 4.90 Å². The fourth-order valence-corrected chi connectivity index (χ4v) is 3.68. The second kappa shape index (κ2) is 6.93. The Bertz CT molecular complexity index is 968. The smallest absolute Gasteiger partial charge is 0.134 e. The highest BCUT2D eigenvalue weighted by Crippen LogP contribution is 2.25. The third kappa shape index (κ3) is 3.44. The monoisotopic (exact) mass is 366 g/mol. The average molecular weight is 367 g/mol. The van der Waals surface area contributed by atoms with Gasteiger partial charge in [-0.15, -0.1) is 0 Å². The molecule has 5 heteroatoms. The number of halogens is 1. The van der Waals surface area contributed by atoms with Gasteiger partial charge in [-0.1, -0.05) is 37.1 Å². The molecule has 1 aliphatic rings. The SMILES string of the molecule is Cc1ccc2nc(Cl)c(CN3CCc4nc(C(C)C)ncc4C3)cc2c1. The zero-order chi connectivity index (χ0) is 18.3. The first-order valence-corrected chi connectivity index (χ1v) is 9.50. The molecular weight excluding hydrogens is 344 g/mol. The molecular formula is C21H23ClN4. The number of hydrogen-bond donors (Lipinski definition) is 0. The molecule has 3 aromatic rings. The maximum absolute atomic E-state index is 6.46. The standard InChI is InChI=1S/C21H23ClN4/c1-13(2)21-23-10-17-12-26(7-6-19(17)25-21)11-16-9-15-8-14(3)4-5-18(15)24-20(16)22/h4-5,8-10,13H,6-7,11-12H2,1-3H3. The van der Waals surface area contributed by atoms with Crippen LogP contribution >= 0.6 is 11.6 Å². The largest absolute Gasteiger partial charge is 0.294 e. The summed E-state index contributed by atoms with van der Waals surface area (Å²) in [5.41, 5.74) is 5.67. The van der Waals surface area contributed by atoms with E-state index in [1.54, 1.807) is 0 Å². The van der Waals surface area contributed by atoms with Crippen LogP contribution in [-0.4, -0.2) is 26.4 Å². The summed E-state index contributed by atoms with van der Waals surface area (Å²) in [4.78, 5) is 16.2. The van der Waals surface area contributed by atoms with Crippen molar-refractivity contribution >= 4 is 22.5 Å². The molecule has 134 valence electrons. The molecule has 4 nitrogen and oxygen atoms in total. The second-order valence-corrected chi connectivity index (χ2v) is 7.81. The molecule has 0 unspecified atom stereocenters. The molecule has 1 aliphatic heterocycles. The fourth-order valence-electron chi connectivity index (χ4n) is 3.47. The molecule has 0 atom stereocenters. The Morgan fingerprint density at radius 1 is 1.19 bits per heavy atom. The topological polar surface area (TPSA) is 41.9 Å². The van der Waals surface area contributed by atoms with Crippen molar-refractivity contribution in [1.82, 2.24) is 19.9 Å². The number of fused-ring (bicyclic) bond motifs is 2. The zero-order valence-corrected chi connectivity index (χ0v) is 16.2. The molecule has 2 aromatic heterocycles. The van der Waals surface area contributed by atoms with Crippen LogP contribution in [0.1, 0.15) is 48.0 Å². The van der Waals surface area contributed by atoms with Crippen LogP contribution < -0.4 is 0 Å². The Kier molecular flexibility index (Phi) is 4.63. The van der Waals surface area contributed by atoms with Crippen molar-refractivity contribution in [3.63, 3.8) is 0 Å². The summed E-state index contributed by atoms with van der Waals surface area (Å²) in [5.74, 6) is 1.30. The number of benzene rings is 1. The van der Waals surface area contributed by atoms with Crippen LogP contribution in [0, 0.1) is 6.92 Å².